The summed E-state index contributed by atoms with van der Waals surface area (Å²) >= 11 is 12.8. The van der Waals surface area contributed by atoms with Crippen LogP contribution in [-0.4, -0.2) is 81.2 Å². The van der Waals surface area contributed by atoms with E-state index in [1.165, 1.54) is 12.1 Å². The largest absolute Gasteiger partial charge is 0.488 e. The average molecular weight is 622 g/mol. The Morgan fingerprint density at radius 2 is 1.88 bits per heavy atom. The first kappa shape index (κ1) is 29.4. The average Bonchev–Trinajstić information content (AvgIpc) is 3.51. The number of carbonyl (C=O) groups is 1. The van der Waals surface area contributed by atoms with Crippen molar-refractivity contribution in [2.45, 2.75) is 55.1 Å². The Hall–Kier alpha value is -2.09. The number of benzene rings is 2. The minimum Gasteiger partial charge on any atom is -0.488 e. The van der Waals surface area contributed by atoms with Gasteiger partial charge in [0, 0.05) is 54.7 Å². The number of nitrogens with one attached hydrogen (secondary N) is 2. The lowest BCUT2D eigenvalue weighted by molar-refractivity contribution is -0.190. The minimum atomic E-state index is -4.94. The van der Waals surface area contributed by atoms with Gasteiger partial charge in [0.25, 0.3) is 0 Å². The first-order valence-electron chi connectivity index (χ1n) is 12.9. The molecular formula is C26H29Cl2F3N4O4S. The van der Waals surface area contributed by atoms with E-state index in [1.807, 2.05) is 4.90 Å². The predicted molar refractivity (Wildman–Crippen MR) is 144 cm³/mol. The van der Waals surface area contributed by atoms with E-state index in [-0.39, 0.29) is 30.6 Å². The van der Waals surface area contributed by atoms with Crippen LogP contribution in [0.1, 0.15) is 30.5 Å². The number of halogens is 5. The molecule has 2 fully saturated rings. The lowest BCUT2D eigenvalue weighted by atomic mass is 10.0. The van der Waals surface area contributed by atoms with Gasteiger partial charge < -0.3 is 15.0 Å². The zero-order chi connectivity index (χ0) is 28.8. The first-order chi connectivity index (χ1) is 18.8. The molecular weight excluding hydrogens is 592 g/mol. The zero-order valence-electron chi connectivity index (χ0n) is 21.5. The molecule has 2 heterocycles. The summed E-state index contributed by atoms with van der Waals surface area (Å²) in [6, 6.07) is 8.30. The Kier molecular flexibility index (Phi) is 8.30. The highest BCUT2D eigenvalue weighted by atomic mass is 35.5. The van der Waals surface area contributed by atoms with E-state index in [0.29, 0.717) is 35.2 Å². The van der Waals surface area contributed by atoms with Crippen molar-refractivity contribution in [2.24, 2.45) is 0 Å². The van der Waals surface area contributed by atoms with Crippen molar-refractivity contribution in [3.8, 4) is 5.75 Å². The van der Waals surface area contributed by atoms with Gasteiger partial charge in [-0.2, -0.15) is 13.2 Å². The third-order valence-electron chi connectivity index (χ3n) is 7.63. The lowest BCUT2D eigenvalue weighted by Crippen LogP contribution is -2.58. The van der Waals surface area contributed by atoms with E-state index < -0.39 is 40.3 Å². The SMILES string of the molecule is C[C@@H]1CN([C@H]2c3cc(Cl)cc(Cl)c3C[C@@H]2Oc2ccc(S(=O)(=O)N[C@H]3CCNC3)cc2)CCN1C(=O)C(F)(F)F. The molecule has 1 aliphatic carbocycles. The fraction of sp³-hybridized carbons (Fsp3) is 0.500. The van der Waals surface area contributed by atoms with Crippen molar-refractivity contribution in [3.63, 3.8) is 0 Å². The number of hydrogen-bond acceptors (Lipinski definition) is 6. The zero-order valence-corrected chi connectivity index (χ0v) is 23.9. The van der Waals surface area contributed by atoms with Crippen molar-refractivity contribution < 1.29 is 31.1 Å². The topological polar surface area (TPSA) is 91.0 Å². The second kappa shape index (κ2) is 11.3. The van der Waals surface area contributed by atoms with Gasteiger partial charge in [0.1, 0.15) is 11.9 Å². The van der Waals surface area contributed by atoms with Gasteiger partial charge in [-0.15, -0.1) is 0 Å². The number of amides is 1. The molecule has 2 N–H and O–H groups in total. The number of sulfonamides is 1. The Bertz CT molecular complexity index is 1370. The maximum atomic E-state index is 13.1. The van der Waals surface area contributed by atoms with E-state index in [2.05, 4.69) is 10.0 Å². The first-order valence-corrected chi connectivity index (χ1v) is 15.2. The van der Waals surface area contributed by atoms with Crippen molar-refractivity contribution >= 4 is 39.1 Å². The molecule has 0 radical (unpaired) electrons. The molecule has 0 bridgehead atoms. The highest BCUT2D eigenvalue weighted by molar-refractivity contribution is 7.89. The van der Waals surface area contributed by atoms with Gasteiger partial charge in [-0.3, -0.25) is 9.69 Å². The van der Waals surface area contributed by atoms with E-state index >= 15 is 0 Å². The molecule has 40 heavy (non-hydrogen) atoms. The van der Waals surface area contributed by atoms with Gasteiger partial charge in [-0.05, 0) is 67.4 Å². The number of nitrogens with zero attached hydrogens (tertiary/aromatic N) is 2. The molecule has 0 saturated carbocycles. The van der Waals surface area contributed by atoms with Crippen molar-refractivity contribution in [1.29, 1.82) is 0 Å². The molecule has 3 aliphatic rings. The normalized spacial score (nSPS) is 25.7. The molecule has 14 heteroatoms. The third-order valence-corrected chi connectivity index (χ3v) is 9.72. The predicted octanol–water partition coefficient (Wildman–Crippen LogP) is 3.77. The molecule has 5 rings (SSSR count). The maximum Gasteiger partial charge on any atom is 0.471 e. The number of piperazine rings is 1. The van der Waals surface area contributed by atoms with Gasteiger partial charge in [-0.25, -0.2) is 13.1 Å². The fourth-order valence-electron chi connectivity index (χ4n) is 5.77. The molecule has 1 amide bonds. The van der Waals surface area contributed by atoms with Crippen LogP contribution in [0.4, 0.5) is 13.2 Å². The summed E-state index contributed by atoms with van der Waals surface area (Å²) in [5.41, 5.74) is 1.65. The molecule has 2 aromatic carbocycles. The summed E-state index contributed by atoms with van der Waals surface area (Å²) in [5, 5.41) is 4.01. The molecule has 0 aromatic heterocycles. The minimum absolute atomic E-state index is 0.0948. The lowest BCUT2D eigenvalue weighted by Gasteiger charge is -2.44. The molecule has 2 aromatic rings. The smallest absolute Gasteiger partial charge is 0.471 e. The molecule has 218 valence electrons. The van der Waals surface area contributed by atoms with Crippen LogP contribution in [0.15, 0.2) is 41.3 Å². The molecule has 2 aliphatic heterocycles. The Balaban J connectivity index is 1.36. The summed E-state index contributed by atoms with van der Waals surface area (Å²) in [4.78, 5) is 14.9. The molecule has 2 saturated heterocycles. The van der Waals surface area contributed by atoms with Crippen LogP contribution < -0.4 is 14.8 Å². The maximum absolute atomic E-state index is 13.1. The number of rotatable bonds is 6. The number of hydrogen-bond donors (Lipinski definition) is 2. The van der Waals surface area contributed by atoms with Crippen LogP contribution in [0.25, 0.3) is 0 Å². The number of fused-ring (bicyclic) bond motifs is 1. The van der Waals surface area contributed by atoms with Crippen LogP contribution >= 0.6 is 23.2 Å². The quantitative estimate of drug-likeness (QED) is 0.511. The van der Waals surface area contributed by atoms with E-state index in [0.717, 1.165) is 22.6 Å². The summed E-state index contributed by atoms with van der Waals surface area (Å²) < 4.78 is 73.9. The van der Waals surface area contributed by atoms with Gasteiger partial charge in [0.2, 0.25) is 10.0 Å². The second-order valence-electron chi connectivity index (χ2n) is 10.4. The second-order valence-corrected chi connectivity index (χ2v) is 12.9. The highest BCUT2D eigenvalue weighted by Gasteiger charge is 2.47. The van der Waals surface area contributed by atoms with Crippen LogP contribution in [0.5, 0.6) is 5.75 Å². The third kappa shape index (κ3) is 6.07. The number of alkyl halides is 3. The Morgan fingerprint density at radius 1 is 1.15 bits per heavy atom. The summed E-state index contributed by atoms with van der Waals surface area (Å²) in [5.74, 6) is -1.41. The van der Waals surface area contributed by atoms with E-state index in [1.54, 1.807) is 31.2 Å². The summed E-state index contributed by atoms with van der Waals surface area (Å²) in [6.07, 6.45) is -4.28. The van der Waals surface area contributed by atoms with Crippen molar-refractivity contribution in [2.75, 3.05) is 32.7 Å². The molecule has 0 unspecified atom stereocenters. The van der Waals surface area contributed by atoms with Crippen LogP contribution in [0.2, 0.25) is 10.0 Å². The van der Waals surface area contributed by atoms with Crippen molar-refractivity contribution in [1.82, 2.24) is 19.8 Å². The van der Waals surface area contributed by atoms with Gasteiger partial charge in [0.15, 0.2) is 0 Å². The van der Waals surface area contributed by atoms with Gasteiger partial charge in [-0.1, -0.05) is 23.2 Å². The standard InChI is InChI=1S/C26H29Cl2F3N4O4S/c1-15-14-34(8-9-35(15)25(36)26(29,30)31)24-21-10-16(27)11-22(28)20(21)12-23(24)39-18-2-4-19(5-3-18)40(37,38)33-17-6-7-32-13-17/h2-5,10-11,15,17,23-24,32-33H,6-9,12-14H2,1H3/t15-,17+,23+,24+/m1/s1. The molecule has 8 nitrogen and oxygen atoms in total. The Morgan fingerprint density at radius 3 is 2.50 bits per heavy atom. The molecule has 0 spiro atoms. The van der Waals surface area contributed by atoms with Crippen LogP contribution in [-0.2, 0) is 21.2 Å². The van der Waals surface area contributed by atoms with Gasteiger partial charge >= 0.3 is 12.1 Å². The van der Waals surface area contributed by atoms with Crippen LogP contribution in [0.3, 0.4) is 0 Å². The monoisotopic (exact) mass is 620 g/mol. The van der Waals surface area contributed by atoms with Gasteiger partial charge in [0.05, 0.1) is 10.9 Å². The highest BCUT2D eigenvalue weighted by Crippen LogP contribution is 2.43. The van der Waals surface area contributed by atoms with Crippen molar-refractivity contribution in [3.05, 3.63) is 57.6 Å². The Labute approximate surface area is 240 Å². The summed E-state index contributed by atoms with van der Waals surface area (Å²) in [7, 11) is -3.70. The van der Waals surface area contributed by atoms with E-state index in [9.17, 15) is 26.4 Å². The number of carbonyl (C=O) groups excluding carboxylic acids is 1. The van der Waals surface area contributed by atoms with Crippen LogP contribution in [0, 0.1) is 0 Å². The fourth-order valence-corrected chi connectivity index (χ4v) is 7.63. The van der Waals surface area contributed by atoms with E-state index in [4.69, 9.17) is 27.9 Å². The number of ether oxygens (including phenoxy) is 1. The molecule has 4 atom stereocenters. The summed E-state index contributed by atoms with van der Waals surface area (Å²) in [6.45, 7) is 3.21.